The van der Waals surface area contributed by atoms with Gasteiger partial charge in [0.15, 0.2) is 6.61 Å². The van der Waals surface area contributed by atoms with Gasteiger partial charge >= 0.3 is 12.0 Å². The monoisotopic (exact) mass is 379 g/mol. The highest BCUT2D eigenvalue weighted by Crippen LogP contribution is 2.39. The number of esters is 1. The lowest BCUT2D eigenvalue weighted by Gasteiger charge is -2.35. The third-order valence-corrected chi connectivity index (χ3v) is 6.14. The van der Waals surface area contributed by atoms with Crippen molar-refractivity contribution in [3.63, 3.8) is 0 Å². The lowest BCUT2D eigenvalue weighted by molar-refractivity contribution is -0.154. The smallest absolute Gasteiger partial charge is 0.327 e. The minimum Gasteiger partial charge on any atom is -0.454 e. The van der Waals surface area contributed by atoms with E-state index in [0.717, 1.165) is 37.0 Å². The number of nitrogens with zero attached hydrogens (tertiary/aromatic N) is 3. The van der Waals surface area contributed by atoms with Crippen molar-refractivity contribution in [1.82, 2.24) is 14.7 Å². The third kappa shape index (κ3) is 3.80. The van der Waals surface area contributed by atoms with Gasteiger partial charge in [-0.2, -0.15) is 0 Å². The Morgan fingerprint density at radius 3 is 2.52 bits per heavy atom. The number of likely N-dealkylation sites (N-methyl/N-ethyl adjacent to an activating group) is 1. The lowest BCUT2D eigenvalue weighted by atomic mass is 9.81. The summed E-state index contributed by atoms with van der Waals surface area (Å²) in [6.07, 6.45) is 6.14. The van der Waals surface area contributed by atoms with Gasteiger partial charge in [-0.1, -0.05) is 26.2 Å². The first-order chi connectivity index (χ1) is 12.8. The van der Waals surface area contributed by atoms with E-state index in [9.17, 15) is 19.2 Å². The number of carbonyl (C=O) groups is 4. The predicted octanol–water partition coefficient (Wildman–Crippen LogP) is 1.38. The highest BCUT2D eigenvalue weighted by Gasteiger charge is 2.55. The average Bonchev–Trinajstić information content (AvgIpc) is 2.83. The van der Waals surface area contributed by atoms with E-state index in [1.807, 2.05) is 0 Å². The number of rotatable bonds is 4. The fourth-order valence-electron chi connectivity index (χ4n) is 4.50. The molecule has 0 aromatic rings. The Labute approximate surface area is 159 Å². The summed E-state index contributed by atoms with van der Waals surface area (Å²) in [5.74, 6) is -0.825. The van der Waals surface area contributed by atoms with Gasteiger partial charge in [-0.3, -0.25) is 19.3 Å². The number of hydrogen-bond acceptors (Lipinski definition) is 5. The van der Waals surface area contributed by atoms with Crippen molar-refractivity contribution in [3.8, 4) is 0 Å². The Bertz CT molecular complexity index is 629. The first-order valence-corrected chi connectivity index (χ1v) is 9.88. The molecule has 3 aliphatic rings. The molecule has 0 bridgehead atoms. The Morgan fingerprint density at radius 2 is 1.85 bits per heavy atom. The molecule has 1 atom stereocenters. The van der Waals surface area contributed by atoms with E-state index in [0.29, 0.717) is 31.8 Å². The summed E-state index contributed by atoms with van der Waals surface area (Å²) in [6.45, 7) is 2.66. The number of ether oxygens (including phenoxy) is 1. The summed E-state index contributed by atoms with van der Waals surface area (Å²) in [7, 11) is 1.62. The van der Waals surface area contributed by atoms with Gasteiger partial charge in [0.1, 0.15) is 12.1 Å². The van der Waals surface area contributed by atoms with Crippen LogP contribution >= 0.6 is 0 Å². The molecular formula is C19H29N3O5. The molecule has 0 N–H and O–H groups in total. The quantitative estimate of drug-likeness (QED) is 0.544. The zero-order valence-electron chi connectivity index (χ0n) is 16.2. The SMILES string of the molecule is CC1CCCN(C(=O)COC(=O)CN2C(=O)N(C)C3(CCCCC3)C2=O)C1. The van der Waals surface area contributed by atoms with Crippen LogP contribution in [0.4, 0.5) is 4.79 Å². The molecule has 8 nitrogen and oxygen atoms in total. The summed E-state index contributed by atoms with van der Waals surface area (Å²) in [4.78, 5) is 53.9. The van der Waals surface area contributed by atoms with E-state index in [1.54, 1.807) is 11.9 Å². The summed E-state index contributed by atoms with van der Waals surface area (Å²) < 4.78 is 5.07. The van der Waals surface area contributed by atoms with E-state index in [4.69, 9.17) is 4.74 Å². The van der Waals surface area contributed by atoms with Crippen molar-refractivity contribution in [2.45, 2.75) is 57.4 Å². The molecule has 0 aromatic heterocycles. The van der Waals surface area contributed by atoms with Crippen LogP contribution in [0.2, 0.25) is 0 Å². The minimum atomic E-state index is -0.810. The maximum absolute atomic E-state index is 12.8. The van der Waals surface area contributed by atoms with Gasteiger partial charge in [-0.05, 0) is 31.6 Å². The minimum absolute atomic E-state index is 0.227. The fraction of sp³-hybridized carbons (Fsp3) is 0.789. The number of piperidine rings is 1. The third-order valence-electron chi connectivity index (χ3n) is 6.14. The summed E-state index contributed by atoms with van der Waals surface area (Å²) in [6, 6.07) is -0.463. The number of urea groups is 1. The topological polar surface area (TPSA) is 87.2 Å². The van der Waals surface area contributed by atoms with E-state index in [-0.39, 0.29) is 18.4 Å². The second-order valence-electron chi connectivity index (χ2n) is 8.07. The normalized spacial score (nSPS) is 25.3. The molecule has 1 aliphatic carbocycles. The molecular weight excluding hydrogens is 350 g/mol. The van der Waals surface area contributed by atoms with Crippen LogP contribution in [0, 0.1) is 5.92 Å². The fourth-order valence-corrected chi connectivity index (χ4v) is 4.50. The van der Waals surface area contributed by atoms with Gasteiger partial charge in [0, 0.05) is 20.1 Å². The van der Waals surface area contributed by atoms with E-state index < -0.39 is 24.1 Å². The highest BCUT2D eigenvalue weighted by molar-refractivity contribution is 6.08. The lowest BCUT2D eigenvalue weighted by Crippen LogP contribution is -2.49. The number of likely N-dealkylation sites (tertiary alicyclic amines) is 1. The van der Waals surface area contributed by atoms with Gasteiger partial charge < -0.3 is 14.5 Å². The first-order valence-electron chi connectivity index (χ1n) is 9.88. The summed E-state index contributed by atoms with van der Waals surface area (Å²) in [5.41, 5.74) is -0.810. The predicted molar refractivity (Wildman–Crippen MR) is 96.6 cm³/mol. The second kappa shape index (κ2) is 7.86. The molecule has 0 radical (unpaired) electrons. The maximum atomic E-state index is 12.8. The van der Waals surface area contributed by atoms with Crippen LogP contribution in [0.1, 0.15) is 51.9 Å². The highest BCUT2D eigenvalue weighted by atomic mass is 16.5. The van der Waals surface area contributed by atoms with Crippen LogP contribution in [0.15, 0.2) is 0 Å². The van der Waals surface area contributed by atoms with Crippen molar-refractivity contribution >= 4 is 23.8 Å². The largest absolute Gasteiger partial charge is 0.454 e. The number of carbonyl (C=O) groups excluding carboxylic acids is 4. The molecule has 1 unspecified atom stereocenters. The Hall–Kier alpha value is -2.12. The number of hydrogen-bond donors (Lipinski definition) is 0. The molecule has 150 valence electrons. The van der Waals surface area contributed by atoms with Crippen LogP contribution < -0.4 is 0 Å². The molecule has 1 saturated carbocycles. The van der Waals surface area contributed by atoms with Crippen molar-refractivity contribution in [3.05, 3.63) is 0 Å². The van der Waals surface area contributed by atoms with Gasteiger partial charge in [0.2, 0.25) is 0 Å². The molecule has 0 aromatic carbocycles. The summed E-state index contributed by atoms with van der Waals surface area (Å²) >= 11 is 0. The first kappa shape index (κ1) is 19.6. The Kier molecular flexibility index (Phi) is 5.72. The van der Waals surface area contributed by atoms with E-state index in [1.165, 1.54) is 4.90 Å². The van der Waals surface area contributed by atoms with Crippen molar-refractivity contribution in [1.29, 1.82) is 0 Å². The van der Waals surface area contributed by atoms with E-state index in [2.05, 4.69) is 6.92 Å². The van der Waals surface area contributed by atoms with Crippen LogP contribution in [0.5, 0.6) is 0 Å². The number of imide groups is 1. The second-order valence-corrected chi connectivity index (χ2v) is 8.07. The van der Waals surface area contributed by atoms with Gasteiger partial charge in [0.05, 0.1) is 0 Å². The van der Waals surface area contributed by atoms with Crippen molar-refractivity contribution in [2.24, 2.45) is 5.92 Å². The zero-order chi connectivity index (χ0) is 19.6. The van der Waals surface area contributed by atoms with Crippen LogP contribution in [0.3, 0.4) is 0 Å². The Morgan fingerprint density at radius 1 is 1.15 bits per heavy atom. The molecule has 2 saturated heterocycles. The molecule has 8 heteroatoms. The average molecular weight is 379 g/mol. The van der Waals surface area contributed by atoms with Crippen LogP contribution in [0.25, 0.3) is 0 Å². The molecule has 27 heavy (non-hydrogen) atoms. The molecule has 1 spiro atoms. The standard InChI is InChI=1S/C19H29N3O5/c1-14-7-6-10-21(11-14)15(23)13-27-16(24)12-22-17(25)19(20(2)18(22)26)8-4-3-5-9-19/h14H,3-13H2,1-2H3. The molecule has 2 heterocycles. The molecule has 2 aliphatic heterocycles. The zero-order valence-corrected chi connectivity index (χ0v) is 16.2. The van der Waals surface area contributed by atoms with Crippen molar-refractivity contribution < 1.29 is 23.9 Å². The van der Waals surface area contributed by atoms with Crippen LogP contribution in [-0.2, 0) is 19.1 Å². The van der Waals surface area contributed by atoms with Gasteiger partial charge in [-0.15, -0.1) is 0 Å². The van der Waals surface area contributed by atoms with Crippen LogP contribution in [-0.4, -0.2) is 77.3 Å². The number of amides is 4. The molecule has 3 rings (SSSR count). The Balaban J connectivity index is 1.54. The van der Waals surface area contributed by atoms with Gasteiger partial charge in [-0.25, -0.2) is 4.79 Å². The summed E-state index contributed by atoms with van der Waals surface area (Å²) in [5, 5.41) is 0. The van der Waals surface area contributed by atoms with E-state index >= 15 is 0 Å². The van der Waals surface area contributed by atoms with Crippen molar-refractivity contribution in [2.75, 3.05) is 33.3 Å². The molecule has 3 fully saturated rings. The van der Waals surface area contributed by atoms with Gasteiger partial charge in [0.25, 0.3) is 11.8 Å². The molecule has 4 amide bonds. The maximum Gasteiger partial charge on any atom is 0.327 e.